The van der Waals surface area contributed by atoms with Crippen LogP contribution in [0.5, 0.6) is 0 Å². The Morgan fingerprint density at radius 2 is 2.04 bits per heavy atom. The number of nitrogens with zero attached hydrogens (tertiary/aromatic N) is 2. The summed E-state index contributed by atoms with van der Waals surface area (Å²) >= 11 is 2.96. The average molecular weight is 390 g/mol. The molecule has 2 saturated heterocycles. The van der Waals surface area contributed by atoms with Crippen LogP contribution < -0.4 is 5.73 Å². The van der Waals surface area contributed by atoms with Gasteiger partial charge in [-0.3, -0.25) is 4.79 Å². The van der Waals surface area contributed by atoms with Gasteiger partial charge in [-0.1, -0.05) is 6.92 Å². The fourth-order valence-corrected chi connectivity index (χ4v) is 7.03. The molecule has 2 aliphatic rings. The lowest BCUT2D eigenvalue weighted by Crippen LogP contribution is -2.39. The van der Waals surface area contributed by atoms with Crippen LogP contribution in [0.3, 0.4) is 0 Å². The summed E-state index contributed by atoms with van der Waals surface area (Å²) in [6.45, 7) is 4.82. The zero-order chi connectivity index (χ0) is 17.4. The number of carbonyl (C=O) groups excluding carboxylic acids is 1. The quantitative estimate of drug-likeness (QED) is 0.839. The van der Waals surface area contributed by atoms with E-state index >= 15 is 0 Å². The molecular formula is C15H23N3O3S3. The Balaban J connectivity index is 1.84. The van der Waals surface area contributed by atoms with E-state index in [4.69, 9.17) is 5.73 Å². The number of hydrogen-bond donors (Lipinski definition) is 1. The predicted octanol–water partition coefficient (Wildman–Crippen LogP) is 1.30. The monoisotopic (exact) mass is 389 g/mol. The summed E-state index contributed by atoms with van der Waals surface area (Å²) in [6, 6.07) is 1.56. The van der Waals surface area contributed by atoms with Crippen LogP contribution in [0, 0.1) is 5.41 Å². The summed E-state index contributed by atoms with van der Waals surface area (Å²) in [4.78, 5) is 15.1. The van der Waals surface area contributed by atoms with Gasteiger partial charge in [-0.25, -0.2) is 8.42 Å². The topological polar surface area (TPSA) is 83.7 Å². The molecule has 1 amide bonds. The molecule has 0 spiro atoms. The molecule has 0 bridgehead atoms. The summed E-state index contributed by atoms with van der Waals surface area (Å²) in [5.74, 6) is 1.41. The lowest BCUT2D eigenvalue weighted by molar-refractivity contribution is 0.0778. The van der Waals surface area contributed by atoms with Crippen LogP contribution >= 0.6 is 23.1 Å². The number of rotatable bonds is 4. The molecule has 9 heteroatoms. The second-order valence-electron chi connectivity index (χ2n) is 6.62. The zero-order valence-corrected chi connectivity index (χ0v) is 16.2. The first-order valence-electron chi connectivity index (χ1n) is 8.02. The maximum Gasteiger partial charge on any atom is 0.265 e. The zero-order valence-electron chi connectivity index (χ0n) is 13.7. The molecule has 1 aromatic heterocycles. The van der Waals surface area contributed by atoms with Crippen LogP contribution in [0.25, 0.3) is 0 Å². The maximum absolute atomic E-state index is 12.9. The first kappa shape index (κ1) is 18.2. The van der Waals surface area contributed by atoms with Gasteiger partial charge in [-0.2, -0.15) is 16.1 Å². The van der Waals surface area contributed by atoms with Crippen molar-refractivity contribution in [2.45, 2.75) is 18.2 Å². The van der Waals surface area contributed by atoms with Gasteiger partial charge in [0, 0.05) is 37.7 Å². The third-order valence-corrected chi connectivity index (χ3v) is 8.66. The van der Waals surface area contributed by atoms with Gasteiger partial charge in [0.15, 0.2) is 0 Å². The van der Waals surface area contributed by atoms with E-state index < -0.39 is 10.0 Å². The molecule has 0 aliphatic carbocycles. The average Bonchev–Trinajstić information content (AvgIpc) is 3.23. The number of hydrogen-bond acceptors (Lipinski definition) is 6. The molecule has 3 heterocycles. The third kappa shape index (κ3) is 3.37. The molecule has 134 valence electrons. The largest absolute Gasteiger partial charge is 0.337 e. The summed E-state index contributed by atoms with van der Waals surface area (Å²) in [5, 5.41) is 1.69. The minimum atomic E-state index is -3.60. The van der Waals surface area contributed by atoms with E-state index in [0.717, 1.165) is 17.9 Å². The van der Waals surface area contributed by atoms with Crippen molar-refractivity contribution in [2.75, 3.05) is 44.2 Å². The fraction of sp³-hybridized carbons (Fsp3) is 0.667. The number of nitrogens with two attached hydrogens (primary N) is 1. The highest BCUT2D eigenvalue weighted by molar-refractivity contribution is 7.99. The number of sulfonamides is 1. The Labute approximate surface area is 151 Å². The van der Waals surface area contributed by atoms with Crippen molar-refractivity contribution >= 4 is 39.0 Å². The van der Waals surface area contributed by atoms with E-state index in [9.17, 15) is 13.2 Å². The Bertz CT molecular complexity index is 713. The van der Waals surface area contributed by atoms with Gasteiger partial charge in [-0.15, -0.1) is 11.3 Å². The van der Waals surface area contributed by atoms with Crippen molar-refractivity contribution in [2.24, 2.45) is 11.1 Å². The first-order chi connectivity index (χ1) is 11.4. The second-order valence-corrected chi connectivity index (χ2v) is 10.7. The number of thiophene rings is 1. The van der Waals surface area contributed by atoms with Gasteiger partial charge in [0.05, 0.1) is 0 Å². The number of likely N-dealkylation sites (tertiary alicyclic amines) is 1. The Morgan fingerprint density at radius 3 is 2.67 bits per heavy atom. The lowest BCUT2D eigenvalue weighted by Gasteiger charge is -2.26. The van der Waals surface area contributed by atoms with Crippen LogP contribution in [0.1, 0.15) is 23.0 Å². The molecule has 6 nitrogen and oxygen atoms in total. The Kier molecular flexibility index (Phi) is 5.27. The van der Waals surface area contributed by atoms with Crippen LogP contribution in [0.15, 0.2) is 16.3 Å². The van der Waals surface area contributed by atoms with Gasteiger partial charge < -0.3 is 10.6 Å². The summed E-state index contributed by atoms with van der Waals surface area (Å²) in [6.07, 6.45) is 0.853. The summed E-state index contributed by atoms with van der Waals surface area (Å²) in [7, 11) is -3.60. The highest BCUT2D eigenvalue weighted by atomic mass is 32.2. The standard InChI is InChI=1S/C15H23N3O3S3/c1-15(10-16)3-4-17(11-15)14(19)13-12(2-7-23-13)24(20,21)18-5-8-22-9-6-18/h2,7H,3-6,8-11,16H2,1H3. The molecule has 0 aromatic carbocycles. The third-order valence-electron chi connectivity index (χ3n) is 4.75. The second kappa shape index (κ2) is 6.95. The van der Waals surface area contributed by atoms with E-state index in [2.05, 4.69) is 6.92 Å². The molecular weight excluding hydrogens is 366 g/mol. The smallest absolute Gasteiger partial charge is 0.265 e. The molecule has 1 atom stereocenters. The van der Waals surface area contributed by atoms with Crippen molar-refractivity contribution in [3.05, 3.63) is 16.3 Å². The minimum absolute atomic E-state index is 0.0734. The molecule has 24 heavy (non-hydrogen) atoms. The summed E-state index contributed by atoms with van der Waals surface area (Å²) in [5.41, 5.74) is 5.73. The minimum Gasteiger partial charge on any atom is -0.337 e. The van der Waals surface area contributed by atoms with Crippen LogP contribution in [-0.2, 0) is 10.0 Å². The van der Waals surface area contributed by atoms with Crippen LogP contribution in [0.2, 0.25) is 0 Å². The molecule has 3 rings (SSSR count). The van der Waals surface area contributed by atoms with E-state index in [0.29, 0.717) is 37.6 Å². The molecule has 1 aromatic rings. The van der Waals surface area contributed by atoms with E-state index in [1.165, 1.54) is 15.6 Å². The van der Waals surface area contributed by atoms with Crippen molar-refractivity contribution in [1.29, 1.82) is 0 Å². The van der Waals surface area contributed by atoms with Gasteiger partial charge in [0.25, 0.3) is 5.91 Å². The van der Waals surface area contributed by atoms with Crippen molar-refractivity contribution in [3.8, 4) is 0 Å². The van der Waals surface area contributed by atoms with Crippen LogP contribution in [0.4, 0.5) is 0 Å². The van der Waals surface area contributed by atoms with E-state index in [1.54, 1.807) is 28.1 Å². The molecule has 0 radical (unpaired) electrons. The Hall–Kier alpha value is -0.610. The summed E-state index contributed by atoms with van der Waals surface area (Å²) < 4.78 is 27.3. The van der Waals surface area contributed by atoms with E-state index in [-0.39, 0.29) is 16.2 Å². The normalized spacial score (nSPS) is 26.0. The molecule has 1 unspecified atom stereocenters. The molecule has 2 fully saturated rings. The number of thioether (sulfide) groups is 1. The highest BCUT2D eigenvalue weighted by Crippen LogP contribution is 2.33. The van der Waals surface area contributed by atoms with Crippen LogP contribution in [-0.4, -0.2) is 67.8 Å². The van der Waals surface area contributed by atoms with Gasteiger partial charge in [-0.05, 0) is 29.8 Å². The first-order valence-corrected chi connectivity index (χ1v) is 11.5. The molecule has 0 saturated carbocycles. The van der Waals surface area contributed by atoms with Gasteiger partial charge in [0.1, 0.15) is 9.77 Å². The fourth-order valence-electron chi connectivity index (χ4n) is 3.09. The number of amides is 1. The van der Waals surface area contributed by atoms with E-state index in [1.807, 2.05) is 0 Å². The number of carbonyl (C=O) groups is 1. The highest BCUT2D eigenvalue weighted by Gasteiger charge is 2.38. The SMILES string of the molecule is CC1(CN)CCN(C(=O)c2sccc2S(=O)(=O)N2CCSCC2)C1. The lowest BCUT2D eigenvalue weighted by atomic mass is 9.90. The van der Waals surface area contributed by atoms with Gasteiger partial charge >= 0.3 is 0 Å². The molecule has 2 aliphatic heterocycles. The molecule has 2 N–H and O–H groups in total. The Morgan fingerprint density at radius 1 is 1.33 bits per heavy atom. The predicted molar refractivity (Wildman–Crippen MR) is 98.1 cm³/mol. The van der Waals surface area contributed by atoms with Gasteiger partial charge in [0.2, 0.25) is 10.0 Å². The maximum atomic E-state index is 12.9. The van der Waals surface area contributed by atoms with Crippen molar-refractivity contribution < 1.29 is 13.2 Å². The van der Waals surface area contributed by atoms with Crippen molar-refractivity contribution in [3.63, 3.8) is 0 Å². The van der Waals surface area contributed by atoms with Crippen molar-refractivity contribution in [1.82, 2.24) is 9.21 Å².